The van der Waals surface area contributed by atoms with Crippen LogP contribution in [-0.2, 0) is 17.8 Å². The van der Waals surface area contributed by atoms with Crippen molar-refractivity contribution in [1.82, 2.24) is 5.32 Å². The van der Waals surface area contributed by atoms with Crippen LogP contribution in [0.25, 0.3) is 0 Å². The number of ether oxygens (including phenoxy) is 1. The highest BCUT2D eigenvalue weighted by Gasteiger charge is 2.10. The van der Waals surface area contributed by atoms with Crippen molar-refractivity contribution < 1.29 is 9.84 Å². The van der Waals surface area contributed by atoms with Crippen molar-refractivity contribution in [2.24, 2.45) is 0 Å². The summed E-state index contributed by atoms with van der Waals surface area (Å²) in [6.07, 6.45) is 0.738. The zero-order valence-corrected chi connectivity index (χ0v) is 9.77. The quantitative estimate of drug-likeness (QED) is 0.811. The van der Waals surface area contributed by atoms with Gasteiger partial charge < -0.3 is 15.2 Å². The molecule has 0 aliphatic carbocycles. The minimum atomic E-state index is 0.168. The van der Waals surface area contributed by atoms with E-state index in [2.05, 4.69) is 5.32 Å². The van der Waals surface area contributed by atoms with Gasteiger partial charge in [-0.25, -0.2) is 0 Å². The van der Waals surface area contributed by atoms with E-state index >= 15 is 0 Å². The number of phenolic OH excluding ortho intramolecular Hbond substituents is 1. The first-order valence-electron chi connectivity index (χ1n) is 4.83. The topological polar surface area (TPSA) is 41.5 Å². The van der Waals surface area contributed by atoms with Crippen molar-refractivity contribution in [2.75, 3.05) is 20.7 Å². The molecule has 0 amide bonds. The number of methoxy groups -OCH3 is 1. The maximum atomic E-state index is 9.82. The van der Waals surface area contributed by atoms with Crippen LogP contribution in [0.2, 0.25) is 5.02 Å². The van der Waals surface area contributed by atoms with Crippen LogP contribution < -0.4 is 5.32 Å². The van der Waals surface area contributed by atoms with Crippen LogP contribution in [0.4, 0.5) is 0 Å². The Morgan fingerprint density at radius 1 is 1.47 bits per heavy atom. The second kappa shape index (κ2) is 5.95. The SMILES string of the molecule is CNCCc1c(COC)ccc(Cl)c1O. The van der Waals surface area contributed by atoms with Gasteiger partial charge in [-0.3, -0.25) is 0 Å². The summed E-state index contributed by atoms with van der Waals surface area (Å²) in [5.41, 5.74) is 1.84. The van der Waals surface area contributed by atoms with Gasteiger partial charge in [0.15, 0.2) is 0 Å². The molecule has 0 radical (unpaired) electrons. The maximum absolute atomic E-state index is 9.82. The molecule has 1 aromatic carbocycles. The predicted octanol–water partition coefficient (Wildman–Crippen LogP) is 1.95. The number of rotatable bonds is 5. The highest BCUT2D eigenvalue weighted by atomic mass is 35.5. The van der Waals surface area contributed by atoms with E-state index in [0.717, 1.165) is 24.1 Å². The maximum Gasteiger partial charge on any atom is 0.137 e. The van der Waals surface area contributed by atoms with Gasteiger partial charge in [0.1, 0.15) is 5.75 Å². The molecule has 0 aliphatic heterocycles. The number of halogens is 1. The molecule has 0 saturated heterocycles. The molecule has 0 aliphatic rings. The Labute approximate surface area is 95.0 Å². The highest BCUT2D eigenvalue weighted by molar-refractivity contribution is 6.32. The molecule has 0 fully saturated rings. The summed E-state index contributed by atoms with van der Waals surface area (Å²) in [5, 5.41) is 13.2. The van der Waals surface area contributed by atoms with Crippen LogP contribution in [0.5, 0.6) is 5.75 Å². The lowest BCUT2D eigenvalue weighted by molar-refractivity contribution is 0.184. The van der Waals surface area contributed by atoms with Crippen LogP contribution in [0.15, 0.2) is 12.1 Å². The summed E-state index contributed by atoms with van der Waals surface area (Å²) in [6, 6.07) is 3.57. The number of aromatic hydroxyl groups is 1. The summed E-state index contributed by atoms with van der Waals surface area (Å²) >= 11 is 5.85. The molecule has 84 valence electrons. The molecule has 0 saturated carbocycles. The highest BCUT2D eigenvalue weighted by Crippen LogP contribution is 2.30. The molecule has 4 heteroatoms. The first kappa shape index (κ1) is 12.3. The monoisotopic (exact) mass is 229 g/mol. The molecule has 0 heterocycles. The summed E-state index contributed by atoms with van der Waals surface area (Å²) in [7, 11) is 3.51. The van der Waals surface area contributed by atoms with Crippen molar-refractivity contribution in [2.45, 2.75) is 13.0 Å². The molecule has 0 bridgehead atoms. The van der Waals surface area contributed by atoms with E-state index in [-0.39, 0.29) is 5.75 Å². The van der Waals surface area contributed by atoms with E-state index in [0.29, 0.717) is 11.6 Å². The first-order chi connectivity index (χ1) is 7.20. The molecule has 1 rings (SSSR count). The number of benzene rings is 1. The van der Waals surface area contributed by atoms with Crippen LogP contribution in [0.1, 0.15) is 11.1 Å². The smallest absolute Gasteiger partial charge is 0.137 e. The lowest BCUT2D eigenvalue weighted by Gasteiger charge is -2.11. The number of phenols is 1. The molecule has 2 N–H and O–H groups in total. The molecule has 0 spiro atoms. The van der Waals surface area contributed by atoms with Gasteiger partial charge in [-0.15, -0.1) is 0 Å². The Morgan fingerprint density at radius 3 is 2.80 bits per heavy atom. The van der Waals surface area contributed by atoms with Crippen molar-refractivity contribution in [1.29, 1.82) is 0 Å². The van der Waals surface area contributed by atoms with Crippen molar-refractivity contribution >= 4 is 11.6 Å². The summed E-state index contributed by atoms with van der Waals surface area (Å²) in [6.45, 7) is 1.29. The average Bonchev–Trinajstić information content (AvgIpc) is 2.23. The van der Waals surface area contributed by atoms with E-state index in [1.807, 2.05) is 13.1 Å². The molecule has 15 heavy (non-hydrogen) atoms. The molecule has 1 aromatic rings. The minimum absolute atomic E-state index is 0.168. The molecule has 0 atom stereocenters. The van der Waals surface area contributed by atoms with Gasteiger partial charge in [0, 0.05) is 12.7 Å². The van der Waals surface area contributed by atoms with Crippen LogP contribution >= 0.6 is 11.6 Å². The number of nitrogens with one attached hydrogen (secondary N) is 1. The fraction of sp³-hybridized carbons (Fsp3) is 0.455. The molecule has 0 aromatic heterocycles. The van der Waals surface area contributed by atoms with Gasteiger partial charge in [0.05, 0.1) is 11.6 Å². The Kier molecular flexibility index (Phi) is 4.88. The molecule has 0 unspecified atom stereocenters. The fourth-order valence-electron chi connectivity index (χ4n) is 1.47. The summed E-state index contributed by atoms with van der Waals surface area (Å²) < 4.78 is 5.07. The molecular formula is C11H16ClNO2. The van der Waals surface area contributed by atoms with Gasteiger partial charge in [0.2, 0.25) is 0 Å². The normalized spacial score (nSPS) is 10.6. The summed E-state index contributed by atoms with van der Waals surface area (Å²) in [5.74, 6) is 0.168. The zero-order valence-electron chi connectivity index (χ0n) is 9.01. The largest absolute Gasteiger partial charge is 0.506 e. The van der Waals surface area contributed by atoms with E-state index in [4.69, 9.17) is 16.3 Å². The lowest BCUT2D eigenvalue weighted by atomic mass is 10.0. The third kappa shape index (κ3) is 3.09. The van der Waals surface area contributed by atoms with Gasteiger partial charge in [-0.1, -0.05) is 17.7 Å². The van der Waals surface area contributed by atoms with Gasteiger partial charge in [-0.05, 0) is 31.6 Å². The van der Waals surface area contributed by atoms with E-state index < -0.39 is 0 Å². The Morgan fingerprint density at radius 2 is 2.20 bits per heavy atom. The number of hydrogen-bond acceptors (Lipinski definition) is 3. The van der Waals surface area contributed by atoms with E-state index in [9.17, 15) is 5.11 Å². The van der Waals surface area contributed by atoms with Crippen molar-refractivity contribution in [3.8, 4) is 5.75 Å². The minimum Gasteiger partial charge on any atom is -0.506 e. The van der Waals surface area contributed by atoms with Crippen LogP contribution in [0.3, 0.4) is 0 Å². The van der Waals surface area contributed by atoms with Gasteiger partial charge in [0.25, 0.3) is 0 Å². The Bertz CT molecular complexity index is 329. The van der Waals surface area contributed by atoms with Crippen molar-refractivity contribution in [3.05, 3.63) is 28.3 Å². The van der Waals surface area contributed by atoms with Crippen LogP contribution in [0, 0.1) is 0 Å². The third-order valence-electron chi connectivity index (χ3n) is 2.26. The standard InChI is InChI=1S/C11H16ClNO2/c1-13-6-5-9-8(7-15-2)3-4-10(12)11(9)14/h3-4,13-14H,5-7H2,1-2H3. The third-order valence-corrected chi connectivity index (χ3v) is 2.56. The fourth-order valence-corrected chi connectivity index (χ4v) is 1.65. The summed E-state index contributed by atoms with van der Waals surface area (Å²) in [4.78, 5) is 0. The Balaban J connectivity index is 2.99. The van der Waals surface area contributed by atoms with E-state index in [1.165, 1.54) is 0 Å². The van der Waals surface area contributed by atoms with Crippen LogP contribution in [-0.4, -0.2) is 25.8 Å². The van der Waals surface area contributed by atoms with Gasteiger partial charge in [-0.2, -0.15) is 0 Å². The Hall–Kier alpha value is -0.770. The second-order valence-corrected chi connectivity index (χ2v) is 3.73. The second-order valence-electron chi connectivity index (χ2n) is 3.32. The zero-order chi connectivity index (χ0) is 11.3. The van der Waals surface area contributed by atoms with E-state index in [1.54, 1.807) is 13.2 Å². The lowest BCUT2D eigenvalue weighted by Crippen LogP contribution is -2.12. The molecule has 3 nitrogen and oxygen atoms in total. The van der Waals surface area contributed by atoms with Crippen molar-refractivity contribution in [3.63, 3.8) is 0 Å². The molecular weight excluding hydrogens is 214 g/mol. The number of likely N-dealkylation sites (N-methyl/N-ethyl adjacent to an activating group) is 1. The predicted molar refractivity (Wildman–Crippen MR) is 61.5 cm³/mol. The first-order valence-corrected chi connectivity index (χ1v) is 5.21. The average molecular weight is 230 g/mol. The van der Waals surface area contributed by atoms with Gasteiger partial charge >= 0.3 is 0 Å². The number of hydrogen-bond donors (Lipinski definition) is 2.